The molecular formula is C26H24ClN7O5. The van der Waals surface area contributed by atoms with Crippen LogP contribution in [0.2, 0.25) is 0 Å². The van der Waals surface area contributed by atoms with Gasteiger partial charge >= 0.3 is 0 Å². The van der Waals surface area contributed by atoms with Crippen LogP contribution in [0.1, 0.15) is 47.0 Å². The molecule has 0 bridgehead atoms. The van der Waals surface area contributed by atoms with Crippen molar-refractivity contribution in [2.45, 2.75) is 6.54 Å². The summed E-state index contributed by atoms with van der Waals surface area (Å²) in [4.78, 5) is 57.7. The Kier molecular flexibility index (Phi) is 7.40. The maximum atomic E-state index is 13.3. The Morgan fingerprint density at radius 1 is 0.974 bits per heavy atom. The first-order valence-corrected chi connectivity index (χ1v) is 11.6. The van der Waals surface area contributed by atoms with Gasteiger partial charge in [-0.15, -0.1) is 12.4 Å². The molecule has 2 heterocycles. The normalized spacial score (nSPS) is 12.0. The quantitative estimate of drug-likeness (QED) is 0.0776. The average molecular weight is 550 g/mol. The van der Waals surface area contributed by atoms with Crippen molar-refractivity contribution in [1.82, 2.24) is 20.9 Å². The van der Waals surface area contributed by atoms with Gasteiger partial charge in [0.15, 0.2) is 5.96 Å². The number of aromatic hydroxyl groups is 1. The van der Waals surface area contributed by atoms with Gasteiger partial charge in [0, 0.05) is 34.9 Å². The monoisotopic (exact) mass is 549 g/mol. The van der Waals surface area contributed by atoms with Gasteiger partial charge in [0.05, 0.1) is 28.8 Å². The molecule has 200 valence electrons. The smallest absolute Gasteiger partial charge is 0.259 e. The number of rotatable bonds is 7. The summed E-state index contributed by atoms with van der Waals surface area (Å²) < 4.78 is 0. The van der Waals surface area contributed by atoms with Crippen LogP contribution < -0.4 is 27.4 Å². The Bertz CT molecular complexity index is 1690. The maximum absolute atomic E-state index is 13.3. The fourth-order valence-electron chi connectivity index (χ4n) is 4.45. The number of nitrogens with two attached hydrogens (primary N) is 2. The van der Waals surface area contributed by atoms with Crippen molar-refractivity contribution in [1.29, 1.82) is 0 Å². The van der Waals surface area contributed by atoms with Crippen LogP contribution >= 0.6 is 12.4 Å². The lowest BCUT2D eigenvalue weighted by Crippen LogP contribution is -2.29. The zero-order valence-electron chi connectivity index (χ0n) is 20.3. The van der Waals surface area contributed by atoms with E-state index in [1.165, 1.54) is 18.2 Å². The lowest BCUT2D eigenvalue weighted by molar-refractivity contribution is 0.0877. The van der Waals surface area contributed by atoms with Crippen molar-refractivity contribution in [3.8, 4) is 5.75 Å². The average Bonchev–Trinajstić information content (AvgIpc) is 3.40. The fraction of sp³-hybridized carbons (Fsp3) is 0.115. The minimum absolute atomic E-state index is 0. The van der Waals surface area contributed by atoms with Crippen molar-refractivity contribution < 1.29 is 24.3 Å². The van der Waals surface area contributed by atoms with Crippen LogP contribution in [-0.2, 0) is 6.54 Å². The zero-order valence-corrected chi connectivity index (χ0v) is 21.1. The van der Waals surface area contributed by atoms with Gasteiger partial charge in [-0.25, -0.2) is 0 Å². The first kappa shape index (κ1) is 26.9. The standard InChI is InChI=1S/C26H23N7O5.ClH/c27-26(28)30-7-6-29-22(35)13-3-1-2-12(8-13)11-31-23(36)17-10-16-20(25(38)33-24(16)37)19-15-9-14(34)4-5-18(15)32-21(17)19;/h1-5,8-10,32,34H,6-7,11H2,(H,29,35)(H,31,36)(H4,27,28,30)(H,33,37,38);1H. The topological polar surface area (TPSA) is 205 Å². The largest absolute Gasteiger partial charge is 0.508 e. The number of hydrogen-bond donors (Lipinski definition) is 7. The molecule has 0 radical (unpaired) electrons. The Hall–Kier alpha value is -5.10. The third-order valence-electron chi connectivity index (χ3n) is 6.14. The SMILES string of the molecule is Cl.NC(N)=NCCNC(=O)c1cccc(CNC(=O)c2cc3c(c4c2[nH]c2ccc(O)cc24)C(=O)NC3=O)c1. The van der Waals surface area contributed by atoms with Gasteiger partial charge in [-0.3, -0.25) is 29.5 Å². The molecule has 4 amide bonds. The molecule has 13 heteroatoms. The number of benzene rings is 3. The Labute approximate surface area is 227 Å². The molecule has 0 atom stereocenters. The van der Waals surface area contributed by atoms with E-state index in [4.69, 9.17) is 11.5 Å². The summed E-state index contributed by atoms with van der Waals surface area (Å²) in [7, 11) is 0. The van der Waals surface area contributed by atoms with Crippen LogP contribution in [0.25, 0.3) is 21.8 Å². The number of aliphatic imine (C=N–C) groups is 1. The number of nitrogens with zero attached hydrogens (tertiary/aromatic N) is 1. The number of carbonyl (C=O) groups is 4. The number of hydrogen-bond acceptors (Lipinski definition) is 6. The predicted octanol–water partition coefficient (Wildman–Crippen LogP) is 1.27. The molecule has 1 aliphatic heterocycles. The highest BCUT2D eigenvalue weighted by Gasteiger charge is 2.33. The molecule has 0 aliphatic carbocycles. The van der Waals surface area contributed by atoms with Crippen molar-refractivity contribution in [3.63, 3.8) is 0 Å². The number of imide groups is 1. The van der Waals surface area contributed by atoms with E-state index >= 15 is 0 Å². The second-order valence-corrected chi connectivity index (χ2v) is 8.68. The van der Waals surface area contributed by atoms with Gasteiger partial charge in [-0.05, 0) is 42.0 Å². The number of carbonyl (C=O) groups excluding carboxylic acids is 4. The first-order chi connectivity index (χ1) is 18.2. The molecule has 0 saturated heterocycles. The summed E-state index contributed by atoms with van der Waals surface area (Å²) in [6.07, 6.45) is 0. The molecule has 0 spiro atoms. The molecule has 5 rings (SSSR count). The number of aromatic amines is 1. The van der Waals surface area contributed by atoms with Gasteiger partial charge < -0.3 is 32.2 Å². The number of guanidine groups is 1. The van der Waals surface area contributed by atoms with Crippen molar-refractivity contribution in [2.24, 2.45) is 16.5 Å². The molecule has 3 aromatic carbocycles. The number of H-pyrrole nitrogens is 1. The molecule has 0 saturated carbocycles. The number of nitrogens with one attached hydrogen (secondary N) is 4. The van der Waals surface area contributed by atoms with Crippen LogP contribution in [0.4, 0.5) is 0 Å². The number of phenols is 1. The molecule has 9 N–H and O–H groups in total. The number of fused-ring (bicyclic) bond motifs is 5. The number of aromatic nitrogens is 1. The van der Waals surface area contributed by atoms with E-state index in [1.54, 1.807) is 30.3 Å². The Morgan fingerprint density at radius 3 is 2.54 bits per heavy atom. The van der Waals surface area contributed by atoms with E-state index in [1.807, 2.05) is 0 Å². The second-order valence-electron chi connectivity index (χ2n) is 8.68. The van der Waals surface area contributed by atoms with Gasteiger partial charge in [0.1, 0.15) is 5.75 Å². The zero-order chi connectivity index (χ0) is 27.0. The van der Waals surface area contributed by atoms with Crippen LogP contribution in [-0.4, -0.2) is 52.8 Å². The highest BCUT2D eigenvalue weighted by molar-refractivity contribution is 6.32. The number of halogens is 1. The van der Waals surface area contributed by atoms with Gasteiger partial charge in [0.25, 0.3) is 23.6 Å². The molecule has 1 aromatic heterocycles. The summed E-state index contributed by atoms with van der Waals surface area (Å²) in [5.74, 6) is -2.06. The lowest BCUT2D eigenvalue weighted by Gasteiger charge is -2.10. The minimum atomic E-state index is -0.603. The highest BCUT2D eigenvalue weighted by Crippen LogP contribution is 2.36. The highest BCUT2D eigenvalue weighted by atomic mass is 35.5. The Balaban J connectivity index is 0.00000353. The minimum Gasteiger partial charge on any atom is -0.508 e. The molecular weight excluding hydrogens is 526 g/mol. The fourth-order valence-corrected chi connectivity index (χ4v) is 4.45. The van der Waals surface area contributed by atoms with Crippen LogP contribution in [0.15, 0.2) is 53.5 Å². The van der Waals surface area contributed by atoms with Crippen molar-refractivity contribution in [3.05, 3.63) is 76.3 Å². The first-order valence-electron chi connectivity index (χ1n) is 11.6. The Morgan fingerprint density at radius 2 is 1.77 bits per heavy atom. The molecule has 0 fully saturated rings. The summed E-state index contributed by atoms with van der Waals surface area (Å²) in [5, 5.41) is 18.7. The molecule has 4 aromatic rings. The third-order valence-corrected chi connectivity index (χ3v) is 6.14. The summed E-state index contributed by atoms with van der Waals surface area (Å²) >= 11 is 0. The molecule has 12 nitrogen and oxygen atoms in total. The van der Waals surface area contributed by atoms with E-state index in [-0.39, 0.29) is 66.3 Å². The number of phenolic OH excluding ortho intramolecular Hbond substituents is 1. The van der Waals surface area contributed by atoms with Gasteiger partial charge in [0.2, 0.25) is 0 Å². The molecule has 1 aliphatic rings. The predicted molar refractivity (Wildman–Crippen MR) is 147 cm³/mol. The number of amides is 4. The van der Waals surface area contributed by atoms with E-state index < -0.39 is 17.7 Å². The van der Waals surface area contributed by atoms with E-state index in [0.29, 0.717) is 32.9 Å². The third kappa shape index (κ3) is 5.18. The lowest BCUT2D eigenvalue weighted by atomic mass is 9.97. The van der Waals surface area contributed by atoms with Crippen molar-refractivity contribution in [2.75, 3.05) is 13.1 Å². The van der Waals surface area contributed by atoms with Crippen molar-refractivity contribution >= 4 is 63.8 Å². The van der Waals surface area contributed by atoms with Gasteiger partial charge in [-0.2, -0.15) is 0 Å². The molecule has 0 unspecified atom stereocenters. The summed E-state index contributed by atoms with van der Waals surface area (Å²) in [6, 6.07) is 12.7. The van der Waals surface area contributed by atoms with E-state index in [9.17, 15) is 24.3 Å². The second kappa shape index (κ2) is 10.7. The summed E-state index contributed by atoms with van der Waals surface area (Å²) in [5.41, 5.74) is 12.9. The van der Waals surface area contributed by atoms with Crippen LogP contribution in [0.3, 0.4) is 0 Å². The van der Waals surface area contributed by atoms with E-state index in [2.05, 4.69) is 25.9 Å². The molecule has 39 heavy (non-hydrogen) atoms. The van der Waals surface area contributed by atoms with E-state index in [0.717, 1.165) is 0 Å². The van der Waals surface area contributed by atoms with Crippen LogP contribution in [0.5, 0.6) is 5.75 Å². The summed E-state index contributed by atoms with van der Waals surface area (Å²) in [6.45, 7) is 0.596. The van der Waals surface area contributed by atoms with Gasteiger partial charge in [-0.1, -0.05) is 12.1 Å². The maximum Gasteiger partial charge on any atom is 0.259 e. The van der Waals surface area contributed by atoms with Crippen LogP contribution in [0, 0.1) is 0 Å².